The molecule has 5 rings (SSSR count). The standard InChI is InChI=1S/C29H37N5O2/c1-5-26-25(12-9-20(3)34(26)29(35)22-10-11-22)28(36-27-8-6-7-19(2)32-27)21(4)23-17-31-33(18-23)24-13-15-30-16-14-24/h5-8,17-18,20,22,24,30H,1,9-16H2,2-4H3/b28-21-/t20-/m0/s1. The zero-order chi connectivity index (χ0) is 25.2. The maximum atomic E-state index is 13.3. The number of allylic oxidation sites excluding steroid dienone is 3. The quantitative estimate of drug-likeness (QED) is 0.545. The summed E-state index contributed by atoms with van der Waals surface area (Å²) < 4.78 is 8.65. The Kier molecular flexibility index (Phi) is 7.10. The van der Waals surface area contributed by atoms with Crippen LogP contribution in [0.5, 0.6) is 5.88 Å². The Morgan fingerprint density at radius 2 is 1.97 bits per heavy atom. The van der Waals surface area contributed by atoms with E-state index in [1.165, 1.54) is 0 Å². The molecule has 0 unspecified atom stereocenters. The van der Waals surface area contributed by atoms with E-state index in [0.717, 1.165) is 85.5 Å². The lowest BCUT2D eigenvalue weighted by molar-refractivity contribution is -0.132. The van der Waals surface area contributed by atoms with Crippen LogP contribution in [0.4, 0.5) is 0 Å². The van der Waals surface area contributed by atoms with Gasteiger partial charge < -0.3 is 15.0 Å². The van der Waals surface area contributed by atoms with Crippen molar-refractivity contribution in [2.45, 2.75) is 71.4 Å². The molecule has 0 bridgehead atoms. The van der Waals surface area contributed by atoms with Crippen LogP contribution in [-0.2, 0) is 4.79 Å². The molecule has 2 aliphatic heterocycles. The first-order valence-electron chi connectivity index (χ1n) is 13.2. The molecule has 1 amide bonds. The number of nitrogens with one attached hydrogen (secondary N) is 1. The van der Waals surface area contributed by atoms with Crippen LogP contribution >= 0.6 is 0 Å². The van der Waals surface area contributed by atoms with Crippen LogP contribution in [0.15, 0.2) is 60.3 Å². The molecule has 7 heteroatoms. The summed E-state index contributed by atoms with van der Waals surface area (Å²) in [5, 5.41) is 8.14. The third-order valence-corrected chi connectivity index (χ3v) is 7.58. The van der Waals surface area contributed by atoms with Crippen LogP contribution < -0.4 is 10.1 Å². The zero-order valence-electron chi connectivity index (χ0n) is 21.7. The molecule has 7 nitrogen and oxygen atoms in total. The van der Waals surface area contributed by atoms with Gasteiger partial charge in [0.1, 0.15) is 5.76 Å². The van der Waals surface area contributed by atoms with Crippen LogP contribution in [0, 0.1) is 12.8 Å². The number of nitrogens with zero attached hydrogens (tertiary/aromatic N) is 4. The largest absolute Gasteiger partial charge is 0.438 e. The highest BCUT2D eigenvalue weighted by Gasteiger charge is 2.39. The predicted molar refractivity (Wildman–Crippen MR) is 141 cm³/mol. The van der Waals surface area contributed by atoms with Gasteiger partial charge >= 0.3 is 0 Å². The lowest BCUT2D eigenvalue weighted by Gasteiger charge is -2.37. The number of piperidine rings is 1. The Hall–Kier alpha value is -3.19. The summed E-state index contributed by atoms with van der Waals surface area (Å²) in [5.74, 6) is 1.63. The van der Waals surface area contributed by atoms with E-state index in [9.17, 15) is 4.79 Å². The van der Waals surface area contributed by atoms with E-state index >= 15 is 0 Å². The highest BCUT2D eigenvalue weighted by atomic mass is 16.5. The Morgan fingerprint density at radius 1 is 1.19 bits per heavy atom. The van der Waals surface area contributed by atoms with E-state index in [2.05, 4.69) is 41.6 Å². The maximum absolute atomic E-state index is 13.3. The minimum atomic E-state index is 0.135. The molecule has 2 aromatic rings. The summed E-state index contributed by atoms with van der Waals surface area (Å²) in [6.45, 7) is 12.3. The van der Waals surface area contributed by atoms with Gasteiger partial charge in [0.25, 0.3) is 0 Å². The summed E-state index contributed by atoms with van der Waals surface area (Å²) in [6, 6.07) is 6.33. The number of rotatable bonds is 7. The van der Waals surface area contributed by atoms with Crippen molar-refractivity contribution in [2.75, 3.05) is 13.1 Å². The highest BCUT2D eigenvalue weighted by Crippen LogP contribution is 2.40. The summed E-state index contributed by atoms with van der Waals surface area (Å²) >= 11 is 0. The molecule has 36 heavy (non-hydrogen) atoms. The molecule has 2 aromatic heterocycles. The third kappa shape index (κ3) is 5.03. The second kappa shape index (κ2) is 10.4. The van der Waals surface area contributed by atoms with E-state index in [-0.39, 0.29) is 17.9 Å². The van der Waals surface area contributed by atoms with Gasteiger partial charge in [0.05, 0.1) is 17.9 Å². The van der Waals surface area contributed by atoms with E-state index in [1.807, 2.05) is 42.3 Å². The van der Waals surface area contributed by atoms with E-state index < -0.39 is 0 Å². The molecule has 3 aliphatic rings. The van der Waals surface area contributed by atoms with Crippen LogP contribution in [0.2, 0.25) is 0 Å². The van der Waals surface area contributed by atoms with Gasteiger partial charge in [-0.2, -0.15) is 5.10 Å². The van der Waals surface area contributed by atoms with Gasteiger partial charge in [-0.25, -0.2) is 4.98 Å². The lowest BCUT2D eigenvalue weighted by Crippen LogP contribution is -2.41. The molecule has 190 valence electrons. The van der Waals surface area contributed by atoms with E-state index in [0.29, 0.717) is 11.9 Å². The molecule has 4 heterocycles. The van der Waals surface area contributed by atoms with Crippen LogP contribution in [0.3, 0.4) is 0 Å². The van der Waals surface area contributed by atoms with Gasteiger partial charge in [0.15, 0.2) is 0 Å². The second-order valence-corrected chi connectivity index (χ2v) is 10.3. The van der Waals surface area contributed by atoms with Crippen LogP contribution in [-0.4, -0.2) is 44.7 Å². The third-order valence-electron chi connectivity index (χ3n) is 7.58. The average molecular weight is 488 g/mol. The Bertz CT molecular complexity index is 1200. The predicted octanol–water partition coefficient (Wildman–Crippen LogP) is 5.18. The molecular formula is C29H37N5O2. The highest BCUT2D eigenvalue weighted by molar-refractivity contribution is 5.84. The van der Waals surface area contributed by atoms with Crippen molar-refractivity contribution < 1.29 is 9.53 Å². The molecule has 2 fully saturated rings. The van der Waals surface area contributed by atoms with Crippen molar-refractivity contribution in [3.05, 3.63) is 71.5 Å². The van der Waals surface area contributed by atoms with Crippen molar-refractivity contribution >= 4 is 11.5 Å². The maximum Gasteiger partial charge on any atom is 0.230 e. The minimum Gasteiger partial charge on any atom is -0.438 e. The molecule has 1 aliphatic carbocycles. The fourth-order valence-corrected chi connectivity index (χ4v) is 5.29. The Balaban J connectivity index is 1.59. The number of pyridine rings is 1. The van der Waals surface area contributed by atoms with Gasteiger partial charge in [0, 0.05) is 46.6 Å². The van der Waals surface area contributed by atoms with E-state index in [1.54, 1.807) is 0 Å². The number of aromatic nitrogens is 3. The normalized spacial score (nSPS) is 21.9. The van der Waals surface area contributed by atoms with Crippen LogP contribution in [0.25, 0.3) is 5.57 Å². The molecular weight excluding hydrogens is 450 g/mol. The number of hydrogen-bond acceptors (Lipinski definition) is 5. The topological polar surface area (TPSA) is 72.3 Å². The molecule has 0 spiro atoms. The van der Waals surface area contributed by atoms with Crippen molar-refractivity contribution in [3.8, 4) is 5.88 Å². The fraction of sp³-hybridized carbons (Fsp3) is 0.483. The molecule has 1 N–H and O–H groups in total. The first-order valence-corrected chi connectivity index (χ1v) is 13.2. The zero-order valence-corrected chi connectivity index (χ0v) is 21.7. The minimum absolute atomic E-state index is 0.135. The first kappa shape index (κ1) is 24.5. The number of amides is 1. The Morgan fingerprint density at radius 3 is 2.67 bits per heavy atom. The number of hydrogen-bond donors (Lipinski definition) is 1. The van der Waals surface area contributed by atoms with E-state index in [4.69, 9.17) is 9.84 Å². The number of carbonyl (C=O) groups excluding carboxylic acids is 1. The number of ether oxygens (including phenoxy) is 1. The fourth-order valence-electron chi connectivity index (χ4n) is 5.29. The molecule has 0 aromatic carbocycles. The summed E-state index contributed by atoms with van der Waals surface area (Å²) in [5.41, 5.74) is 4.77. The van der Waals surface area contributed by atoms with Gasteiger partial charge in [-0.3, -0.25) is 9.48 Å². The molecule has 1 saturated heterocycles. The van der Waals surface area contributed by atoms with Crippen molar-refractivity contribution in [2.24, 2.45) is 5.92 Å². The van der Waals surface area contributed by atoms with Gasteiger partial charge in [-0.05, 0) is 84.5 Å². The van der Waals surface area contributed by atoms with Gasteiger partial charge in [0.2, 0.25) is 11.8 Å². The molecule has 0 radical (unpaired) electrons. The van der Waals surface area contributed by atoms with Crippen molar-refractivity contribution in [1.82, 2.24) is 25.0 Å². The molecule has 1 atom stereocenters. The number of carbonyl (C=O) groups is 1. The average Bonchev–Trinajstić information content (AvgIpc) is 3.63. The van der Waals surface area contributed by atoms with Gasteiger partial charge in [-0.1, -0.05) is 12.6 Å². The first-order chi connectivity index (χ1) is 17.5. The van der Waals surface area contributed by atoms with Crippen LogP contribution in [0.1, 0.15) is 69.7 Å². The smallest absolute Gasteiger partial charge is 0.230 e. The van der Waals surface area contributed by atoms with Gasteiger partial charge in [-0.15, -0.1) is 0 Å². The second-order valence-electron chi connectivity index (χ2n) is 10.3. The number of aryl methyl sites for hydroxylation is 1. The Labute approximate surface area is 213 Å². The molecule has 1 saturated carbocycles. The SMILES string of the molecule is C=CC1=C(/C(Oc2cccc(C)n2)=C(\C)c2cnn(C3CCNCC3)c2)CC[C@H](C)N1C(=O)C1CC1. The van der Waals surface area contributed by atoms with Crippen molar-refractivity contribution in [3.63, 3.8) is 0 Å². The summed E-state index contributed by atoms with van der Waals surface area (Å²) in [4.78, 5) is 19.9. The monoisotopic (exact) mass is 487 g/mol. The lowest BCUT2D eigenvalue weighted by atomic mass is 9.92. The summed E-state index contributed by atoms with van der Waals surface area (Å²) in [7, 11) is 0. The van der Waals surface area contributed by atoms with Crippen molar-refractivity contribution in [1.29, 1.82) is 0 Å². The summed E-state index contributed by atoms with van der Waals surface area (Å²) in [6.07, 6.45) is 11.7.